The van der Waals surface area contributed by atoms with E-state index in [1.54, 1.807) is 32.0 Å². The molecular formula is C13H18BrNO4S2. The summed E-state index contributed by atoms with van der Waals surface area (Å²) in [6.07, 6.45) is 0.364. The van der Waals surface area contributed by atoms with Gasteiger partial charge in [0.2, 0.25) is 10.0 Å². The normalized spacial score (nSPS) is 21.8. The van der Waals surface area contributed by atoms with Crippen molar-refractivity contribution in [3.8, 4) is 0 Å². The summed E-state index contributed by atoms with van der Waals surface area (Å²) < 4.78 is 50.9. The van der Waals surface area contributed by atoms with Crippen molar-refractivity contribution in [2.75, 3.05) is 18.1 Å². The molecule has 0 aromatic heterocycles. The molecule has 1 aromatic carbocycles. The Morgan fingerprint density at radius 2 is 2.05 bits per heavy atom. The van der Waals surface area contributed by atoms with Crippen LogP contribution in [0.1, 0.15) is 18.9 Å². The van der Waals surface area contributed by atoms with E-state index in [-0.39, 0.29) is 22.9 Å². The fraction of sp³-hybridized carbons (Fsp3) is 0.538. The van der Waals surface area contributed by atoms with Gasteiger partial charge in [0.25, 0.3) is 0 Å². The van der Waals surface area contributed by atoms with Crippen molar-refractivity contribution < 1.29 is 16.8 Å². The summed E-state index contributed by atoms with van der Waals surface area (Å²) in [5.41, 5.74) is 0.650. The first-order valence-corrected chi connectivity index (χ1v) is 10.7. The molecule has 8 heteroatoms. The summed E-state index contributed by atoms with van der Waals surface area (Å²) in [7, 11) is -6.83. The molecule has 0 radical (unpaired) electrons. The van der Waals surface area contributed by atoms with Crippen LogP contribution in [-0.2, 0) is 19.9 Å². The summed E-state index contributed by atoms with van der Waals surface area (Å²) in [4.78, 5) is 0.225. The molecule has 2 rings (SSSR count). The zero-order chi connectivity index (χ0) is 15.8. The topological polar surface area (TPSA) is 71.5 Å². The number of nitrogens with zero attached hydrogens (tertiary/aromatic N) is 1. The maximum absolute atomic E-state index is 12.8. The van der Waals surface area contributed by atoms with Gasteiger partial charge in [-0.1, -0.05) is 28.9 Å². The van der Waals surface area contributed by atoms with E-state index in [1.807, 2.05) is 0 Å². The molecule has 0 bridgehead atoms. The Hall–Kier alpha value is -0.440. The zero-order valence-electron chi connectivity index (χ0n) is 11.9. The van der Waals surface area contributed by atoms with E-state index in [0.29, 0.717) is 16.5 Å². The number of sulfonamides is 1. The minimum atomic E-state index is -3.70. The second-order valence-electron chi connectivity index (χ2n) is 5.18. The lowest BCUT2D eigenvalue weighted by atomic mass is 10.2. The first-order valence-electron chi connectivity index (χ1n) is 6.66. The standard InChI is InChI=1S/C13H18BrNO4S2/c1-3-15(12-6-7-20(16,17)9-12)21(18,19)13-8-11(14)5-4-10(13)2/h4-5,8,12H,3,6-7,9H2,1-2H3/t12-/m0/s1. The van der Waals surface area contributed by atoms with Crippen LogP contribution in [0.15, 0.2) is 27.6 Å². The summed E-state index contributed by atoms with van der Waals surface area (Å²) in [6, 6.07) is 4.61. The van der Waals surface area contributed by atoms with Crippen molar-refractivity contribution in [1.82, 2.24) is 4.31 Å². The average molecular weight is 396 g/mol. The summed E-state index contributed by atoms with van der Waals surface area (Å²) in [5.74, 6) is -0.0335. The molecule has 1 aromatic rings. The third-order valence-corrected chi connectivity index (χ3v) is 8.08. The average Bonchev–Trinajstić information content (AvgIpc) is 2.73. The first kappa shape index (κ1) is 16.9. The van der Waals surface area contributed by atoms with Crippen LogP contribution in [0, 0.1) is 6.92 Å². The molecule has 118 valence electrons. The monoisotopic (exact) mass is 395 g/mol. The smallest absolute Gasteiger partial charge is 0.229 e. The number of rotatable bonds is 4. The highest BCUT2D eigenvalue weighted by atomic mass is 79.9. The number of halogens is 1. The summed E-state index contributed by atoms with van der Waals surface area (Å²) in [6.45, 7) is 3.73. The first-order chi connectivity index (χ1) is 9.67. The van der Waals surface area contributed by atoms with Crippen LogP contribution in [0.5, 0.6) is 0 Å². The largest absolute Gasteiger partial charge is 0.243 e. The molecule has 0 amide bonds. The van der Waals surface area contributed by atoms with E-state index in [9.17, 15) is 16.8 Å². The Bertz CT molecular complexity index is 743. The third kappa shape index (κ3) is 3.49. The van der Waals surface area contributed by atoms with Gasteiger partial charge in [-0.25, -0.2) is 16.8 Å². The van der Waals surface area contributed by atoms with Crippen LogP contribution in [0.4, 0.5) is 0 Å². The lowest BCUT2D eigenvalue weighted by molar-refractivity contribution is 0.354. The minimum Gasteiger partial charge on any atom is -0.229 e. The molecule has 21 heavy (non-hydrogen) atoms. The fourth-order valence-electron chi connectivity index (χ4n) is 2.61. The molecule has 1 saturated heterocycles. The molecular weight excluding hydrogens is 378 g/mol. The van der Waals surface area contributed by atoms with E-state index in [0.717, 1.165) is 0 Å². The van der Waals surface area contributed by atoms with Crippen LogP contribution >= 0.6 is 15.9 Å². The van der Waals surface area contributed by atoms with Gasteiger partial charge in [0, 0.05) is 17.1 Å². The van der Waals surface area contributed by atoms with Crippen LogP contribution in [-0.4, -0.2) is 45.2 Å². The molecule has 1 heterocycles. The van der Waals surface area contributed by atoms with Crippen molar-refractivity contribution in [3.05, 3.63) is 28.2 Å². The molecule has 5 nitrogen and oxygen atoms in total. The minimum absolute atomic E-state index is 0.0567. The van der Waals surface area contributed by atoms with E-state index < -0.39 is 25.9 Å². The molecule has 0 unspecified atom stereocenters. The van der Waals surface area contributed by atoms with Gasteiger partial charge < -0.3 is 0 Å². The number of sulfone groups is 1. The molecule has 1 aliphatic rings. The Morgan fingerprint density at radius 1 is 1.38 bits per heavy atom. The highest BCUT2D eigenvalue weighted by molar-refractivity contribution is 9.10. The lowest BCUT2D eigenvalue weighted by Gasteiger charge is -2.26. The molecule has 1 fully saturated rings. The zero-order valence-corrected chi connectivity index (χ0v) is 15.1. The van der Waals surface area contributed by atoms with Gasteiger partial charge in [-0.15, -0.1) is 0 Å². The molecule has 0 aliphatic carbocycles. The lowest BCUT2D eigenvalue weighted by Crippen LogP contribution is -2.41. The Kier molecular flexibility index (Phi) is 4.82. The maximum atomic E-state index is 12.8. The van der Waals surface area contributed by atoms with Gasteiger partial charge in [-0.3, -0.25) is 0 Å². The van der Waals surface area contributed by atoms with Crippen LogP contribution in [0.2, 0.25) is 0 Å². The summed E-state index contributed by atoms with van der Waals surface area (Å²) >= 11 is 3.28. The van der Waals surface area contributed by atoms with E-state index in [4.69, 9.17) is 0 Å². The predicted molar refractivity (Wildman–Crippen MR) is 85.5 cm³/mol. The number of benzene rings is 1. The van der Waals surface area contributed by atoms with Crippen molar-refractivity contribution >= 4 is 35.8 Å². The van der Waals surface area contributed by atoms with Gasteiger partial charge in [0.05, 0.1) is 16.4 Å². The van der Waals surface area contributed by atoms with E-state index in [2.05, 4.69) is 15.9 Å². The van der Waals surface area contributed by atoms with Gasteiger partial charge in [-0.2, -0.15) is 4.31 Å². The fourth-order valence-corrected chi connectivity index (χ4v) is 6.86. The quantitative estimate of drug-likeness (QED) is 0.780. The van der Waals surface area contributed by atoms with E-state index in [1.165, 1.54) is 4.31 Å². The molecule has 0 N–H and O–H groups in total. The maximum Gasteiger partial charge on any atom is 0.243 e. The molecule has 1 aliphatic heterocycles. The number of hydrogen-bond donors (Lipinski definition) is 0. The molecule has 1 atom stereocenters. The van der Waals surface area contributed by atoms with Crippen molar-refractivity contribution in [1.29, 1.82) is 0 Å². The van der Waals surface area contributed by atoms with Crippen LogP contribution < -0.4 is 0 Å². The van der Waals surface area contributed by atoms with Crippen LogP contribution in [0.25, 0.3) is 0 Å². The SMILES string of the molecule is CCN([C@H]1CCS(=O)(=O)C1)S(=O)(=O)c1cc(Br)ccc1C. The summed E-state index contributed by atoms with van der Waals surface area (Å²) in [5, 5.41) is 0. The third-order valence-electron chi connectivity index (χ3n) is 3.66. The second kappa shape index (κ2) is 5.98. The van der Waals surface area contributed by atoms with Crippen LogP contribution in [0.3, 0.4) is 0 Å². The highest BCUT2D eigenvalue weighted by Crippen LogP contribution is 2.28. The molecule has 0 spiro atoms. The van der Waals surface area contributed by atoms with Gasteiger partial charge in [0.1, 0.15) is 0 Å². The Labute approximate surface area is 134 Å². The van der Waals surface area contributed by atoms with Crippen molar-refractivity contribution in [3.63, 3.8) is 0 Å². The molecule has 0 saturated carbocycles. The highest BCUT2D eigenvalue weighted by Gasteiger charge is 2.38. The van der Waals surface area contributed by atoms with E-state index >= 15 is 0 Å². The number of aryl methyl sites for hydroxylation is 1. The Balaban J connectivity index is 2.43. The second-order valence-corrected chi connectivity index (χ2v) is 10.2. The van der Waals surface area contributed by atoms with Gasteiger partial charge in [-0.05, 0) is 31.0 Å². The van der Waals surface area contributed by atoms with Crippen molar-refractivity contribution in [2.24, 2.45) is 0 Å². The predicted octanol–water partition coefficient (Wildman–Crippen LogP) is 1.96. The van der Waals surface area contributed by atoms with Crippen molar-refractivity contribution in [2.45, 2.75) is 31.2 Å². The van der Waals surface area contributed by atoms with Gasteiger partial charge in [0.15, 0.2) is 9.84 Å². The van der Waals surface area contributed by atoms with Gasteiger partial charge >= 0.3 is 0 Å². The number of hydrogen-bond acceptors (Lipinski definition) is 4. The Morgan fingerprint density at radius 3 is 2.57 bits per heavy atom.